The number of nitrogens with zero attached hydrogens (tertiary/aromatic N) is 2. The van der Waals surface area contributed by atoms with E-state index in [2.05, 4.69) is 5.32 Å². The Morgan fingerprint density at radius 3 is 2.55 bits per heavy atom. The minimum atomic E-state index is -0.619. The highest BCUT2D eigenvalue weighted by molar-refractivity contribution is 7.20. The van der Waals surface area contributed by atoms with E-state index < -0.39 is 22.7 Å². The molecule has 0 spiro atoms. The van der Waals surface area contributed by atoms with Crippen LogP contribution in [0.3, 0.4) is 0 Å². The number of ether oxygens (including phenoxy) is 1. The highest BCUT2D eigenvalue weighted by Crippen LogP contribution is 2.31. The molecule has 2 aromatic heterocycles. The summed E-state index contributed by atoms with van der Waals surface area (Å²) in [5.74, 6) is 0. The predicted octanol–water partition coefficient (Wildman–Crippen LogP) is 5.59. The number of hydrogen-bond donors (Lipinski definition) is 1. The van der Waals surface area contributed by atoms with E-state index in [1.54, 1.807) is 44.2 Å². The Hall–Kier alpha value is -2.78. The number of rotatable bonds is 6. The summed E-state index contributed by atoms with van der Waals surface area (Å²) in [7, 11) is 0. The Kier molecular flexibility index (Phi) is 6.29. The van der Waals surface area contributed by atoms with Crippen LogP contribution in [0.2, 0.25) is 0 Å². The maximum Gasteiger partial charge on any atom is 0.408 e. The zero-order chi connectivity index (χ0) is 21.0. The lowest BCUT2D eigenvalue weighted by Crippen LogP contribution is -2.35. The van der Waals surface area contributed by atoms with Crippen molar-refractivity contribution in [2.24, 2.45) is 0 Å². The Labute approximate surface area is 176 Å². The number of amides is 1. The van der Waals surface area contributed by atoms with Crippen LogP contribution in [0, 0.1) is 10.1 Å². The molecule has 0 saturated heterocycles. The van der Waals surface area contributed by atoms with Crippen molar-refractivity contribution >= 4 is 34.5 Å². The first-order chi connectivity index (χ1) is 13.7. The second kappa shape index (κ2) is 8.71. The molecule has 0 bridgehead atoms. The summed E-state index contributed by atoms with van der Waals surface area (Å²) in [5, 5.41) is 18.6. The Balaban J connectivity index is 1.83. The second-order valence-corrected chi connectivity index (χ2v) is 9.19. The lowest BCUT2D eigenvalue weighted by Gasteiger charge is -2.23. The zero-order valence-corrected chi connectivity index (χ0v) is 17.9. The summed E-state index contributed by atoms with van der Waals surface area (Å²) in [4.78, 5) is 28.6. The SMILES string of the molecule is CC(C)(C)OC(=O)NC(Cc1ccc([N+](=O)[O-])cc1)c1csc(-c2cccs2)n1. The molecule has 0 fully saturated rings. The van der Waals surface area contributed by atoms with Crippen molar-refractivity contribution in [1.29, 1.82) is 0 Å². The molecule has 152 valence electrons. The van der Waals surface area contributed by atoms with E-state index in [4.69, 9.17) is 9.72 Å². The zero-order valence-electron chi connectivity index (χ0n) is 16.2. The molecule has 1 aromatic carbocycles. The first kappa shape index (κ1) is 20.9. The molecule has 2 heterocycles. The molecular formula is C20H21N3O4S2. The number of alkyl carbamates (subject to hydrolysis) is 1. The molecule has 0 aliphatic carbocycles. The number of carbonyl (C=O) groups excluding carboxylic acids is 1. The number of benzene rings is 1. The lowest BCUT2D eigenvalue weighted by atomic mass is 10.0. The average Bonchev–Trinajstić information content (AvgIpc) is 3.31. The summed E-state index contributed by atoms with van der Waals surface area (Å²) >= 11 is 3.11. The van der Waals surface area contributed by atoms with Crippen LogP contribution >= 0.6 is 22.7 Å². The van der Waals surface area contributed by atoms with Crippen molar-refractivity contribution in [3.05, 3.63) is 68.5 Å². The van der Waals surface area contributed by atoms with Crippen LogP contribution in [0.25, 0.3) is 9.88 Å². The number of non-ortho nitro benzene ring substituents is 1. The monoisotopic (exact) mass is 431 g/mol. The first-order valence-corrected chi connectivity index (χ1v) is 10.7. The molecule has 3 aromatic rings. The van der Waals surface area contributed by atoms with Crippen LogP contribution < -0.4 is 5.32 Å². The van der Waals surface area contributed by atoms with Gasteiger partial charge in [0.25, 0.3) is 5.69 Å². The molecule has 29 heavy (non-hydrogen) atoms. The summed E-state index contributed by atoms with van der Waals surface area (Å²) < 4.78 is 5.40. The van der Waals surface area contributed by atoms with E-state index in [1.807, 2.05) is 22.9 Å². The van der Waals surface area contributed by atoms with E-state index in [-0.39, 0.29) is 5.69 Å². The predicted molar refractivity (Wildman–Crippen MR) is 114 cm³/mol. The lowest BCUT2D eigenvalue weighted by molar-refractivity contribution is -0.384. The quantitative estimate of drug-likeness (QED) is 0.406. The molecular weight excluding hydrogens is 410 g/mol. The number of nitro groups is 1. The van der Waals surface area contributed by atoms with Gasteiger partial charge in [-0.2, -0.15) is 0 Å². The van der Waals surface area contributed by atoms with Gasteiger partial charge in [-0.1, -0.05) is 18.2 Å². The molecule has 0 radical (unpaired) electrons. The number of nitrogens with one attached hydrogen (secondary N) is 1. The molecule has 1 amide bonds. The van der Waals surface area contributed by atoms with Gasteiger partial charge in [-0.05, 0) is 44.2 Å². The van der Waals surface area contributed by atoms with Gasteiger partial charge in [0.2, 0.25) is 0 Å². The van der Waals surface area contributed by atoms with Crippen LogP contribution in [0.4, 0.5) is 10.5 Å². The highest BCUT2D eigenvalue weighted by atomic mass is 32.1. The maximum absolute atomic E-state index is 12.4. The van der Waals surface area contributed by atoms with Gasteiger partial charge in [-0.25, -0.2) is 9.78 Å². The van der Waals surface area contributed by atoms with E-state index in [0.717, 1.165) is 21.1 Å². The minimum Gasteiger partial charge on any atom is -0.444 e. The summed E-state index contributed by atoms with van der Waals surface area (Å²) in [5.41, 5.74) is 0.982. The Bertz CT molecular complexity index is 976. The largest absolute Gasteiger partial charge is 0.444 e. The number of aromatic nitrogens is 1. The fourth-order valence-electron chi connectivity index (χ4n) is 2.63. The van der Waals surface area contributed by atoms with Crippen molar-refractivity contribution in [1.82, 2.24) is 10.3 Å². The minimum absolute atomic E-state index is 0.0269. The highest BCUT2D eigenvalue weighted by Gasteiger charge is 2.23. The van der Waals surface area contributed by atoms with Crippen LogP contribution in [0.5, 0.6) is 0 Å². The average molecular weight is 432 g/mol. The van der Waals surface area contributed by atoms with Gasteiger partial charge in [0.15, 0.2) is 0 Å². The fourth-order valence-corrected chi connectivity index (χ4v) is 4.32. The molecule has 1 atom stereocenters. The number of thiazole rings is 1. The smallest absolute Gasteiger partial charge is 0.408 e. The van der Waals surface area contributed by atoms with Crippen molar-refractivity contribution in [3.8, 4) is 9.88 Å². The van der Waals surface area contributed by atoms with Gasteiger partial charge in [-0.15, -0.1) is 22.7 Å². The third-order valence-corrected chi connectivity index (χ3v) is 5.79. The molecule has 7 nitrogen and oxygen atoms in total. The van der Waals surface area contributed by atoms with E-state index in [9.17, 15) is 14.9 Å². The normalized spacial score (nSPS) is 12.4. The van der Waals surface area contributed by atoms with E-state index >= 15 is 0 Å². The van der Waals surface area contributed by atoms with Gasteiger partial charge < -0.3 is 10.1 Å². The Morgan fingerprint density at radius 2 is 1.97 bits per heavy atom. The van der Waals surface area contributed by atoms with Crippen molar-refractivity contribution in [3.63, 3.8) is 0 Å². The molecule has 3 rings (SSSR count). The molecule has 0 aliphatic rings. The summed E-state index contributed by atoms with van der Waals surface area (Å²) in [6.45, 7) is 5.40. The second-order valence-electron chi connectivity index (χ2n) is 7.38. The van der Waals surface area contributed by atoms with Crippen molar-refractivity contribution < 1.29 is 14.5 Å². The molecule has 0 saturated carbocycles. The maximum atomic E-state index is 12.4. The van der Waals surface area contributed by atoms with Gasteiger partial charge in [0.05, 0.1) is 21.5 Å². The number of thiophene rings is 1. The number of carbonyl (C=O) groups is 1. The fraction of sp³-hybridized carbons (Fsp3) is 0.300. The van der Waals surface area contributed by atoms with Crippen molar-refractivity contribution in [2.75, 3.05) is 0 Å². The van der Waals surface area contributed by atoms with Crippen LogP contribution in [0.1, 0.15) is 38.1 Å². The molecule has 1 N–H and O–H groups in total. The summed E-state index contributed by atoms with van der Waals surface area (Å²) in [6.07, 6.45) is -0.0970. The third kappa shape index (κ3) is 5.85. The third-order valence-electron chi connectivity index (χ3n) is 3.89. The molecule has 1 unspecified atom stereocenters. The van der Waals surface area contributed by atoms with E-state index in [0.29, 0.717) is 6.42 Å². The number of hydrogen-bond acceptors (Lipinski definition) is 7. The van der Waals surface area contributed by atoms with Gasteiger partial charge in [0.1, 0.15) is 10.6 Å². The Morgan fingerprint density at radius 1 is 1.24 bits per heavy atom. The van der Waals surface area contributed by atoms with Crippen LogP contribution in [-0.4, -0.2) is 21.6 Å². The van der Waals surface area contributed by atoms with E-state index in [1.165, 1.54) is 23.5 Å². The number of nitro benzene ring substituents is 1. The topological polar surface area (TPSA) is 94.4 Å². The van der Waals surface area contributed by atoms with Crippen molar-refractivity contribution in [2.45, 2.75) is 38.8 Å². The standard InChI is InChI=1S/C20H21N3O4S2/c1-20(2,3)27-19(24)22-15(11-13-6-8-14(9-7-13)23(25)26)16-12-29-18(21-16)17-5-4-10-28-17/h4-10,12,15H,11H2,1-3H3,(H,22,24). The summed E-state index contributed by atoms with van der Waals surface area (Å²) in [6, 6.07) is 9.84. The van der Waals surface area contributed by atoms with Crippen LogP contribution in [-0.2, 0) is 11.2 Å². The van der Waals surface area contributed by atoms with Gasteiger partial charge in [0, 0.05) is 17.5 Å². The first-order valence-electron chi connectivity index (χ1n) is 8.93. The molecule has 9 heteroatoms. The van der Waals surface area contributed by atoms with Gasteiger partial charge in [-0.3, -0.25) is 10.1 Å². The molecule has 0 aliphatic heterocycles. The van der Waals surface area contributed by atoms with Crippen LogP contribution in [0.15, 0.2) is 47.2 Å². The van der Waals surface area contributed by atoms with Gasteiger partial charge >= 0.3 is 6.09 Å².